The number of benzene rings is 2. The molecule has 4 rings (SSSR count). The van der Waals surface area contributed by atoms with E-state index >= 15 is 0 Å². The molecule has 0 unspecified atom stereocenters. The SMILES string of the molecule is Cc1c(NC2CC2)cccc1-c1cc(F)c2c(c1)CN(C(=O)C(C)(C)C)C2. The van der Waals surface area contributed by atoms with Gasteiger partial charge in [-0.25, -0.2) is 4.39 Å². The standard InChI is InChI=1S/C23H27FN2O/c1-14-18(6-5-7-21(14)25-17-8-9-17)15-10-16-12-26(22(27)23(2,3)4)13-19(16)20(24)11-15/h5-7,10-11,17,25H,8-9,12-13H2,1-4H3. The maximum Gasteiger partial charge on any atom is 0.228 e. The van der Waals surface area contributed by atoms with Crippen LogP contribution in [-0.4, -0.2) is 16.8 Å². The molecule has 2 aromatic carbocycles. The summed E-state index contributed by atoms with van der Waals surface area (Å²) in [6.45, 7) is 8.64. The number of hydrogen-bond acceptors (Lipinski definition) is 2. The van der Waals surface area contributed by atoms with E-state index in [9.17, 15) is 9.18 Å². The van der Waals surface area contributed by atoms with Crippen molar-refractivity contribution >= 4 is 11.6 Å². The molecule has 0 atom stereocenters. The molecule has 3 nitrogen and oxygen atoms in total. The topological polar surface area (TPSA) is 32.3 Å². The number of amides is 1. The number of carbonyl (C=O) groups excluding carboxylic acids is 1. The zero-order valence-electron chi connectivity index (χ0n) is 16.5. The Morgan fingerprint density at radius 1 is 1.19 bits per heavy atom. The van der Waals surface area contributed by atoms with Gasteiger partial charge in [-0.15, -0.1) is 0 Å². The van der Waals surface area contributed by atoms with Crippen molar-refractivity contribution in [3.63, 3.8) is 0 Å². The van der Waals surface area contributed by atoms with Gasteiger partial charge in [0.1, 0.15) is 5.82 Å². The molecule has 1 fully saturated rings. The number of anilines is 1. The van der Waals surface area contributed by atoms with Crippen LogP contribution >= 0.6 is 0 Å². The van der Waals surface area contributed by atoms with Gasteiger partial charge in [0, 0.05) is 35.8 Å². The molecule has 1 heterocycles. The molecule has 1 aliphatic carbocycles. The van der Waals surface area contributed by atoms with Gasteiger partial charge in [0.25, 0.3) is 0 Å². The molecule has 0 spiro atoms. The summed E-state index contributed by atoms with van der Waals surface area (Å²) in [7, 11) is 0. The van der Waals surface area contributed by atoms with E-state index in [0.29, 0.717) is 24.7 Å². The third-order valence-corrected chi connectivity index (χ3v) is 5.51. The van der Waals surface area contributed by atoms with E-state index in [0.717, 1.165) is 27.9 Å². The highest BCUT2D eigenvalue weighted by molar-refractivity contribution is 5.82. The number of halogens is 1. The highest BCUT2D eigenvalue weighted by Crippen LogP contribution is 2.36. The van der Waals surface area contributed by atoms with E-state index in [4.69, 9.17) is 0 Å². The maximum atomic E-state index is 14.9. The predicted molar refractivity (Wildman–Crippen MR) is 107 cm³/mol. The second-order valence-electron chi connectivity index (χ2n) is 8.90. The van der Waals surface area contributed by atoms with Crippen LogP contribution in [-0.2, 0) is 17.9 Å². The van der Waals surface area contributed by atoms with Crippen molar-refractivity contribution < 1.29 is 9.18 Å². The summed E-state index contributed by atoms with van der Waals surface area (Å²) in [5.41, 5.74) is 5.31. The molecular formula is C23H27FN2O. The van der Waals surface area contributed by atoms with Crippen molar-refractivity contribution in [3.05, 3.63) is 52.8 Å². The van der Waals surface area contributed by atoms with Crippen LogP contribution in [0.25, 0.3) is 11.1 Å². The van der Waals surface area contributed by atoms with Gasteiger partial charge < -0.3 is 10.2 Å². The third kappa shape index (κ3) is 3.45. The lowest BCUT2D eigenvalue weighted by molar-refractivity contribution is -0.140. The van der Waals surface area contributed by atoms with Crippen LogP contribution in [0.3, 0.4) is 0 Å². The van der Waals surface area contributed by atoms with Crippen LogP contribution in [0.15, 0.2) is 30.3 Å². The van der Waals surface area contributed by atoms with Crippen molar-refractivity contribution in [3.8, 4) is 11.1 Å². The zero-order valence-corrected chi connectivity index (χ0v) is 16.5. The van der Waals surface area contributed by atoms with Crippen LogP contribution in [0.4, 0.5) is 10.1 Å². The molecule has 142 valence electrons. The fraction of sp³-hybridized carbons (Fsp3) is 0.435. The second kappa shape index (κ2) is 6.36. The summed E-state index contributed by atoms with van der Waals surface area (Å²) in [4.78, 5) is 14.4. The molecular weight excluding hydrogens is 339 g/mol. The second-order valence-corrected chi connectivity index (χ2v) is 8.90. The quantitative estimate of drug-likeness (QED) is 0.803. The number of nitrogens with zero attached hydrogens (tertiary/aromatic N) is 1. The van der Waals surface area contributed by atoms with Gasteiger partial charge in [0.15, 0.2) is 0 Å². The molecule has 2 aliphatic rings. The first-order chi connectivity index (χ1) is 12.7. The lowest BCUT2D eigenvalue weighted by Gasteiger charge is -2.25. The Hall–Kier alpha value is -2.36. The Morgan fingerprint density at radius 3 is 2.59 bits per heavy atom. The minimum Gasteiger partial charge on any atom is -0.382 e. The monoisotopic (exact) mass is 366 g/mol. The Kier molecular flexibility index (Phi) is 4.25. The van der Waals surface area contributed by atoms with Crippen LogP contribution in [0.5, 0.6) is 0 Å². The summed E-state index contributed by atoms with van der Waals surface area (Å²) < 4.78 is 14.9. The summed E-state index contributed by atoms with van der Waals surface area (Å²) in [6, 6.07) is 10.4. The first kappa shape index (κ1) is 18.0. The van der Waals surface area contributed by atoms with Crippen LogP contribution in [0.2, 0.25) is 0 Å². The predicted octanol–water partition coefficient (Wildman–Crippen LogP) is 5.26. The van der Waals surface area contributed by atoms with Crippen molar-refractivity contribution in [1.82, 2.24) is 4.90 Å². The van der Waals surface area contributed by atoms with Crippen molar-refractivity contribution in [2.24, 2.45) is 5.41 Å². The molecule has 0 saturated heterocycles. The molecule has 1 amide bonds. The fourth-order valence-electron chi connectivity index (χ4n) is 3.79. The zero-order chi connectivity index (χ0) is 19.3. The summed E-state index contributed by atoms with van der Waals surface area (Å²) >= 11 is 0. The molecule has 1 saturated carbocycles. The summed E-state index contributed by atoms with van der Waals surface area (Å²) in [5.74, 6) is -0.155. The van der Waals surface area contributed by atoms with Gasteiger partial charge in [-0.3, -0.25) is 4.79 Å². The first-order valence-corrected chi connectivity index (χ1v) is 9.71. The molecule has 1 aliphatic heterocycles. The highest BCUT2D eigenvalue weighted by Gasteiger charge is 2.33. The fourth-order valence-corrected chi connectivity index (χ4v) is 3.79. The van der Waals surface area contributed by atoms with Crippen LogP contribution < -0.4 is 5.32 Å². The normalized spacial score (nSPS) is 16.4. The molecule has 0 bridgehead atoms. The maximum absolute atomic E-state index is 14.9. The lowest BCUT2D eigenvalue weighted by atomic mass is 9.95. The Bertz CT molecular complexity index is 909. The third-order valence-electron chi connectivity index (χ3n) is 5.51. The van der Waals surface area contributed by atoms with E-state index in [1.54, 1.807) is 11.0 Å². The summed E-state index contributed by atoms with van der Waals surface area (Å²) in [5, 5.41) is 3.55. The van der Waals surface area contributed by atoms with E-state index < -0.39 is 5.41 Å². The van der Waals surface area contributed by atoms with Gasteiger partial charge in [0.2, 0.25) is 5.91 Å². The highest BCUT2D eigenvalue weighted by atomic mass is 19.1. The van der Waals surface area contributed by atoms with Gasteiger partial charge >= 0.3 is 0 Å². The average Bonchev–Trinajstić information content (AvgIpc) is 3.31. The van der Waals surface area contributed by atoms with Crippen molar-refractivity contribution in [2.75, 3.05) is 5.32 Å². The van der Waals surface area contributed by atoms with Gasteiger partial charge in [0.05, 0.1) is 0 Å². The van der Waals surface area contributed by atoms with E-state index in [1.807, 2.05) is 32.9 Å². The Balaban J connectivity index is 1.67. The van der Waals surface area contributed by atoms with Crippen LogP contribution in [0, 0.1) is 18.2 Å². The number of carbonyl (C=O) groups is 1. The first-order valence-electron chi connectivity index (χ1n) is 9.71. The largest absolute Gasteiger partial charge is 0.382 e. The molecule has 27 heavy (non-hydrogen) atoms. The molecule has 0 aromatic heterocycles. The van der Waals surface area contributed by atoms with Gasteiger partial charge in [-0.05, 0) is 60.2 Å². The van der Waals surface area contributed by atoms with Gasteiger partial charge in [-0.2, -0.15) is 0 Å². The Morgan fingerprint density at radius 2 is 1.93 bits per heavy atom. The van der Waals surface area contributed by atoms with E-state index in [2.05, 4.69) is 24.4 Å². The smallest absolute Gasteiger partial charge is 0.228 e. The van der Waals surface area contributed by atoms with Crippen molar-refractivity contribution in [2.45, 2.75) is 59.7 Å². The molecule has 4 heteroatoms. The minimum atomic E-state index is -0.458. The van der Waals surface area contributed by atoms with Gasteiger partial charge in [-0.1, -0.05) is 32.9 Å². The number of rotatable bonds is 3. The lowest BCUT2D eigenvalue weighted by Crippen LogP contribution is -2.35. The molecule has 1 N–H and O–H groups in total. The van der Waals surface area contributed by atoms with E-state index in [-0.39, 0.29) is 11.7 Å². The molecule has 0 radical (unpaired) electrons. The average molecular weight is 366 g/mol. The Labute approximate surface area is 160 Å². The number of nitrogens with one attached hydrogen (secondary N) is 1. The van der Waals surface area contributed by atoms with E-state index in [1.165, 1.54) is 12.8 Å². The summed E-state index contributed by atoms with van der Waals surface area (Å²) in [6.07, 6.45) is 2.43. The number of fused-ring (bicyclic) bond motifs is 1. The van der Waals surface area contributed by atoms with Crippen molar-refractivity contribution in [1.29, 1.82) is 0 Å². The number of hydrogen-bond donors (Lipinski definition) is 1. The van der Waals surface area contributed by atoms with Crippen LogP contribution in [0.1, 0.15) is 50.3 Å². The molecule has 2 aromatic rings. The minimum absolute atomic E-state index is 0.0615.